The molecule has 0 radical (unpaired) electrons. The van der Waals surface area contributed by atoms with Crippen molar-refractivity contribution in [3.05, 3.63) is 24.3 Å². The van der Waals surface area contributed by atoms with Crippen LogP contribution in [0, 0.1) is 0 Å². The van der Waals surface area contributed by atoms with Gasteiger partial charge in [-0.05, 0) is 57.8 Å². The van der Waals surface area contributed by atoms with Crippen LogP contribution in [0.15, 0.2) is 24.3 Å². The maximum atomic E-state index is 12.2. The second-order valence-electron chi connectivity index (χ2n) is 17.1. The number of unbranched alkanes of at least 4 members (excludes halogenated alkanes) is 31. The van der Waals surface area contributed by atoms with E-state index >= 15 is 0 Å². The molecule has 0 aliphatic heterocycles. The zero-order valence-corrected chi connectivity index (χ0v) is 36.9. The summed E-state index contributed by atoms with van der Waals surface area (Å²) >= 11 is 0. The van der Waals surface area contributed by atoms with Crippen molar-refractivity contribution in [3.63, 3.8) is 0 Å². The van der Waals surface area contributed by atoms with Gasteiger partial charge in [-0.15, -0.1) is 0 Å². The molecule has 0 aromatic heterocycles. The summed E-state index contributed by atoms with van der Waals surface area (Å²) < 4.78 is 0. The van der Waals surface area contributed by atoms with Crippen LogP contribution in [-0.4, -0.2) is 50.5 Å². The number of carboxylic acid groups (broad SMARTS) is 1. The van der Waals surface area contributed by atoms with Gasteiger partial charge in [0.2, 0.25) is 0 Å². The number of aliphatic hydroxyl groups excluding tert-OH is 3. The minimum absolute atomic E-state index is 0.332. The Morgan fingerprint density at radius 2 is 0.750 bits per heavy atom. The van der Waals surface area contributed by atoms with Gasteiger partial charge in [-0.2, -0.15) is 0 Å². The molecule has 0 aliphatic rings. The second kappa shape index (κ2) is 44.6. The number of Topliss-reactive ketones (excluding diaryl/α,β-unsaturated/α-hetero) is 1. The average Bonchev–Trinajstić information content (AvgIpc) is 3.18. The molecule has 0 aliphatic carbocycles. The molecule has 0 heterocycles. The van der Waals surface area contributed by atoms with Gasteiger partial charge >= 0.3 is 5.97 Å². The van der Waals surface area contributed by atoms with Gasteiger partial charge < -0.3 is 20.4 Å². The first-order chi connectivity index (χ1) is 27.4. The number of carbonyl (C=O) groups excluding carboxylic acids is 1. The molecular weight excluding hydrogens is 697 g/mol. The average molecular weight is 791 g/mol. The van der Waals surface area contributed by atoms with Crippen LogP contribution in [0.3, 0.4) is 0 Å². The summed E-state index contributed by atoms with van der Waals surface area (Å²) in [5.41, 5.74) is 0. The Labute approximate surface area is 347 Å². The first-order valence-corrected chi connectivity index (χ1v) is 24.5. The number of hydrogen-bond acceptors (Lipinski definition) is 5. The van der Waals surface area contributed by atoms with E-state index in [1.807, 2.05) is 0 Å². The standard InChI is InChI=1S/C50H94O6/c1-2-3-34-39-47(52)44-45-49(54)48(53)42-37-32-29-31-36-41-46(51)40-35-30-27-25-23-21-19-17-15-13-11-9-7-5-4-6-8-10-12-14-16-18-20-22-24-26-28-33-38-43-50(55)56/h15,17,44-45,47-49,52-54H,2-14,16,18-43H2,1H3,(H,55,56)/b17-15-,45-44?. The van der Waals surface area contributed by atoms with Crippen molar-refractivity contribution >= 4 is 11.8 Å². The third-order valence-corrected chi connectivity index (χ3v) is 11.5. The fourth-order valence-electron chi connectivity index (χ4n) is 7.64. The van der Waals surface area contributed by atoms with E-state index in [1.54, 1.807) is 6.08 Å². The third kappa shape index (κ3) is 43.6. The van der Waals surface area contributed by atoms with E-state index in [2.05, 4.69) is 19.1 Å². The molecule has 330 valence electrons. The predicted octanol–water partition coefficient (Wildman–Crippen LogP) is 14.5. The zero-order chi connectivity index (χ0) is 41.0. The smallest absolute Gasteiger partial charge is 0.303 e. The number of aliphatic carboxylic acids is 1. The summed E-state index contributed by atoms with van der Waals surface area (Å²) in [5, 5.41) is 38.9. The topological polar surface area (TPSA) is 115 Å². The lowest BCUT2D eigenvalue weighted by Crippen LogP contribution is -2.24. The summed E-state index contributed by atoms with van der Waals surface area (Å²) in [4.78, 5) is 22.8. The Morgan fingerprint density at radius 1 is 0.411 bits per heavy atom. The van der Waals surface area contributed by atoms with Gasteiger partial charge in [-0.25, -0.2) is 0 Å². The van der Waals surface area contributed by atoms with Gasteiger partial charge in [0.25, 0.3) is 0 Å². The molecule has 4 N–H and O–H groups in total. The SMILES string of the molecule is CCCCCC(O)C=CC(O)C(O)CCCCCCCC(=O)CCCCCCCC/C=C\CCCCCCCCCCCCCCCCCCCCCC(=O)O. The van der Waals surface area contributed by atoms with E-state index in [0.717, 1.165) is 77.0 Å². The molecule has 3 atom stereocenters. The number of ketones is 1. The molecule has 0 saturated carbocycles. The number of aliphatic hydroxyl groups is 3. The summed E-state index contributed by atoms with van der Waals surface area (Å²) in [5.74, 6) is -0.249. The molecule has 6 nitrogen and oxygen atoms in total. The molecule has 6 heteroatoms. The van der Waals surface area contributed by atoms with Crippen molar-refractivity contribution in [1.29, 1.82) is 0 Å². The number of hydrogen-bond donors (Lipinski definition) is 4. The van der Waals surface area contributed by atoms with Crippen molar-refractivity contribution in [3.8, 4) is 0 Å². The van der Waals surface area contributed by atoms with Gasteiger partial charge in [0.1, 0.15) is 5.78 Å². The van der Waals surface area contributed by atoms with E-state index in [4.69, 9.17) is 5.11 Å². The number of rotatable bonds is 46. The Kier molecular flexibility index (Phi) is 43.4. The zero-order valence-electron chi connectivity index (χ0n) is 36.9. The highest BCUT2D eigenvalue weighted by Crippen LogP contribution is 2.17. The Hall–Kier alpha value is -1.50. The van der Waals surface area contributed by atoms with Crippen molar-refractivity contribution in [2.45, 2.75) is 282 Å². The third-order valence-electron chi connectivity index (χ3n) is 11.5. The minimum Gasteiger partial charge on any atom is -0.481 e. The Morgan fingerprint density at radius 3 is 1.14 bits per heavy atom. The summed E-state index contributed by atoms with van der Waals surface area (Å²) in [6, 6.07) is 0. The first kappa shape index (κ1) is 54.5. The highest BCUT2D eigenvalue weighted by Gasteiger charge is 2.13. The minimum atomic E-state index is -0.924. The van der Waals surface area contributed by atoms with Gasteiger partial charge in [0.05, 0.1) is 18.3 Å². The van der Waals surface area contributed by atoms with Crippen LogP contribution in [0.2, 0.25) is 0 Å². The molecule has 0 rings (SSSR count). The van der Waals surface area contributed by atoms with Gasteiger partial charge in [0.15, 0.2) is 0 Å². The van der Waals surface area contributed by atoms with Crippen LogP contribution < -0.4 is 0 Å². The van der Waals surface area contributed by atoms with Crippen LogP contribution in [0.1, 0.15) is 264 Å². The van der Waals surface area contributed by atoms with Crippen molar-refractivity contribution in [2.75, 3.05) is 0 Å². The highest BCUT2D eigenvalue weighted by atomic mass is 16.4. The Bertz CT molecular complexity index is 885. The van der Waals surface area contributed by atoms with Gasteiger partial charge in [-0.1, -0.05) is 211 Å². The molecular formula is C50H94O6. The second-order valence-corrected chi connectivity index (χ2v) is 17.1. The molecule has 0 spiro atoms. The maximum absolute atomic E-state index is 12.2. The molecule has 0 bridgehead atoms. The summed E-state index contributed by atoms with van der Waals surface area (Å²) in [6.45, 7) is 2.13. The lowest BCUT2D eigenvalue weighted by Gasteiger charge is -2.15. The number of carbonyl (C=O) groups is 2. The van der Waals surface area contributed by atoms with E-state index in [-0.39, 0.29) is 0 Å². The molecule has 0 fully saturated rings. The fourth-order valence-corrected chi connectivity index (χ4v) is 7.64. The fraction of sp³-hybridized carbons (Fsp3) is 0.880. The molecule has 56 heavy (non-hydrogen) atoms. The predicted molar refractivity (Wildman–Crippen MR) is 239 cm³/mol. The maximum Gasteiger partial charge on any atom is 0.303 e. The van der Waals surface area contributed by atoms with Crippen molar-refractivity contribution in [1.82, 2.24) is 0 Å². The quantitative estimate of drug-likeness (QED) is 0.0360. The summed E-state index contributed by atoms with van der Waals surface area (Å²) in [6.07, 6.45) is 51.8. The van der Waals surface area contributed by atoms with Crippen LogP contribution in [0.4, 0.5) is 0 Å². The van der Waals surface area contributed by atoms with E-state index in [9.17, 15) is 24.9 Å². The lowest BCUT2D eigenvalue weighted by molar-refractivity contribution is -0.137. The van der Waals surface area contributed by atoms with E-state index < -0.39 is 24.3 Å². The van der Waals surface area contributed by atoms with Gasteiger partial charge in [0, 0.05) is 19.3 Å². The van der Waals surface area contributed by atoms with Crippen LogP contribution in [0.5, 0.6) is 0 Å². The van der Waals surface area contributed by atoms with E-state index in [1.165, 1.54) is 160 Å². The van der Waals surface area contributed by atoms with E-state index in [0.29, 0.717) is 31.5 Å². The first-order valence-electron chi connectivity index (χ1n) is 24.5. The highest BCUT2D eigenvalue weighted by molar-refractivity contribution is 5.78. The molecule has 3 unspecified atom stereocenters. The van der Waals surface area contributed by atoms with Crippen LogP contribution >= 0.6 is 0 Å². The molecule has 0 aromatic rings. The van der Waals surface area contributed by atoms with Crippen LogP contribution in [-0.2, 0) is 9.59 Å². The summed E-state index contributed by atoms with van der Waals surface area (Å²) in [7, 11) is 0. The van der Waals surface area contributed by atoms with Gasteiger partial charge in [-0.3, -0.25) is 9.59 Å². The lowest BCUT2D eigenvalue weighted by atomic mass is 10.0. The van der Waals surface area contributed by atoms with Crippen molar-refractivity contribution < 1.29 is 30.0 Å². The van der Waals surface area contributed by atoms with Crippen LogP contribution in [0.25, 0.3) is 0 Å². The molecule has 0 amide bonds. The normalized spacial score (nSPS) is 13.6. The largest absolute Gasteiger partial charge is 0.481 e. The number of allylic oxidation sites excluding steroid dienone is 2. The monoisotopic (exact) mass is 791 g/mol. The van der Waals surface area contributed by atoms with Crippen molar-refractivity contribution in [2.24, 2.45) is 0 Å². The molecule has 0 aromatic carbocycles. The Balaban J connectivity index is 3.33. The number of carboxylic acids is 1. The molecule has 0 saturated heterocycles.